The number of H-pyrrole nitrogens is 1. The molecule has 3 aromatic rings. The van der Waals surface area contributed by atoms with Crippen molar-refractivity contribution < 1.29 is 13.9 Å². The molecule has 0 atom stereocenters. The summed E-state index contributed by atoms with van der Waals surface area (Å²) in [6, 6.07) is 11.9. The van der Waals surface area contributed by atoms with E-state index in [1.165, 1.54) is 12.1 Å². The molecule has 0 spiro atoms. The van der Waals surface area contributed by atoms with E-state index in [1.54, 1.807) is 18.2 Å². The van der Waals surface area contributed by atoms with Gasteiger partial charge in [-0.25, -0.2) is 4.39 Å². The Morgan fingerprint density at radius 3 is 2.58 bits per heavy atom. The Bertz CT molecular complexity index is 1190. The Kier molecular flexibility index (Phi) is 5.23. The number of ether oxygens (including phenoxy) is 2. The third-order valence-corrected chi connectivity index (χ3v) is 6.21. The number of pyridine rings is 1. The Morgan fingerprint density at radius 2 is 1.84 bits per heavy atom. The maximum absolute atomic E-state index is 13.2. The number of fused-ring (bicyclic) bond motifs is 2. The molecule has 2 N–H and O–H groups in total. The van der Waals surface area contributed by atoms with E-state index < -0.39 is 0 Å². The average Bonchev–Trinajstić information content (AvgIpc) is 3.44. The van der Waals surface area contributed by atoms with Crippen LogP contribution in [-0.4, -0.2) is 27.8 Å². The minimum atomic E-state index is -0.298. The highest BCUT2D eigenvalue weighted by atomic mass is 32.1. The summed E-state index contributed by atoms with van der Waals surface area (Å²) in [4.78, 5) is 17.9. The summed E-state index contributed by atoms with van der Waals surface area (Å²) in [6.07, 6.45) is 4.32. The monoisotopic (exact) mass is 439 g/mol. The number of hydrogen-bond donors (Lipinski definition) is 2. The van der Waals surface area contributed by atoms with Crippen molar-refractivity contribution in [3.63, 3.8) is 0 Å². The Balaban J connectivity index is 1.44. The van der Waals surface area contributed by atoms with Gasteiger partial charge in [-0.1, -0.05) is 12.8 Å². The zero-order valence-corrected chi connectivity index (χ0v) is 17.6. The topological polar surface area (TPSA) is 66.6 Å². The molecule has 31 heavy (non-hydrogen) atoms. The molecule has 0 saturated heterocycles. The minimum Gasteiger partial charge on any atom is -0.454 e. The highest BCUT2D eigenvalue weighted by Crippen LogP contribution is 2.35. The molecule has 0 bridgehead atoms. The lowest BCUT2D eigenvalue weighted by Gasteiger charge is -2.31. The number of hydrogen-bond acceptors (Lipinski definition) is 4. The van der Waals surface area contributed by atoms with E-state index in [0.717, 1.165) is 36.8 Å². The van der Waals surface area contributed by atoms with E-state index in [0.29, 0.717) is 34.2 Å². The van der Waals surface area contributed by atoms with Crippen LogP contribution in [-0.2, 0) is 6.54 Å². The standard InChI is InChI=1S/C23H22FN3O3S/c24-16-5-7-17(8-6-16)25-23(31)27(18-3-1-2-4-18)12-15-9-14-10-20-21(30-13-29-20)11-19(14)26-22(15)28/h5-11,18H,1-4,12-13H2,(H,25,31)(H,26,28). The molecule has 160 valence electrons. The van der Waals surface area contributed by atoms with Crippen molar-refractivity contribution in [2.75, 3.05) is 12.1 Å². The predicted octanol–water partition coefficient (Wildman–Crippen LogP) is 4.54. The van der Waals surface area contributed by atoms with Crippen LogP contribution in [0.25, 0.3) is 10.9 Å². The number of anilines is 1. The van der Waals surface area contributed by atoms with Gasteiger partial charge in [0.05, 0.1) is 12.1 Å². The quantitative estimate of drug-likeness (QED) is 0.582. The second-order valence-electron chi connectivity index (χ2n) is 7.92. The maximum atomic E-state index is 13.2. The number of thiocarbonyl (C=S) groups is 1. The van der Waals surface area contributed by atoms with Gasteiger partial charge in [0.15, 0.2) is 16.6 Å². The number of nitrogens with one attached hydrogen (secondary N) is 2. The number of halogens is 1. The van der Waals surface area contributed by atoms with Crippen LogP contribution in [0, 0.1) is 5.82 Å². The van der Waals surface area contributed by atoms with Gasteiger partial charge in [0.2, 0.25) is 6.79 Å². The lowest BCUT2D eigenvalue weighted by Crippen LogP contribution is -2.42. The fourth-order valence-corrected chi connectivity index (χ4v) is 4.58. The maximum Gasteiger partial charge on any atom is 0.253 e. The van der Waals surface area contributed by atoms with Gasteiger partial charge in [-0.05, 0) is 61.5 Å². The molecule has 8 heteroatoms. The van der Waals surface area contributed by atoms with Crippen molar-refractivity contribution in [2.24, 2.45) is 0 Å². The number of aromatic amines is 1. The smallest absolute Gasteiger partial charge is 0.253 e. The fourth-order valence-electron chi connectivity index (χ4n) is 4.25. The molecule has 5 rings (SSSR count). The van der Waals surface area contributed by atoms with Crippen LogP contribution < -0.4 is 20.3 Å². The van der Waals surface area contributed by atoms with E-state index in [-0.39, 0.29) is 24.2 Å². The summed E-state index contributed by atoms with van der Waals surface area (Å²) < 4.78 is 24.1. The lowest BCUT2D eigenvalue weighted by molar-refractivity contribution is 0.174. The normalized spacial score (nSPS) is 15.4. The summed E-state index contributed by atoms with van der Waals surface area (Å²) in [5.74, 6) is 1.01. The van der Waals surface area contributed by atoms with Gasteiger partial charge in [0.25, 0.3) is 5.56 Å². The molecule has 1 aliphatic carbocycles. The van der Waals surface area contributed by atoms with Gasteiger partial charge >= 0.3 is 0 Å². The Morgan fingerprint density at radius 1 is 1.13 bits per heavy atom. The van der Waals surface area contributed by atoms with E-state index in [4.69, 9.17) is 21.7 Å². The van der Waals surface area contributed by atoms with Crippen molar-refractivity contribution in [1.29, 1.82) is 0 Å². The van der Waals surface area contributed by atoms with Crippen LogP contribution in [0.15, 0.2) is 47.3 Å². The molecule has 2 heterocycles. The van der Waals surface area contributed by atoms with Gasteiger partial charge in [-0.2, -0.15) is 0 Å². The highest BCUT2D eigenvalue weighted by Gasteiger charge is 2.26. The number of rotatable bonds is 4. The minimum absolute atomic E-state index is 0.154. The van der Waals surface area contributed by atoms with Crippen molar-refractivity contribution in [3.05, 3.63) is 64.2 Å². The van der Waals surface area contributed by atoms with Crippen molar-refractivity contribution in [2.45, 2.75) is 38.3 Å². The van der Waals surface area contributed by atoms with Crippen LogP contribution in [0.1, 0.15) is 31.2 Å². The van der Waals surface area contributed by atoms with Gasteiger partial charge in [-0.15, -0.1) is 0 Å². The van der Waals surface area contributed by atoms with Crippen LogP contribution in [0.3, 0.4) is 0 Å². The molecule has 2 aromatic carbocycles. The largest absolute Gasteiger partial charge is 0.454 e. The molecule has 2 aliphatic rings. The average molecular weight is 440 g/mol. The first-order valence-electron chi connectivity index (χ1n) is 10.4. The van der Waals surface area contributed by atoms with Gasteiger partial charge in [0.1, 0.15) is 5.82 Å². The van der Waals surface area contributed by atoms with Crippen LogP contribution in [0.2, 0.25) is 0 Å². The van der Waals surface area contributed by atoms with E-state index in [9.17, 15) is 9.18 Å². The Hall–Kier alpha value is -3.13. The summed E-state index contributed by atoms with van der Waals surface area (Å²) in [6.45, 7) is 0.568. The van der Waals surface area contributed by atoms with Gasteiger partial charge in [-0.3, -0.25) is 4.79 Å². The molecule has 1 aromatic heterocycles. The second kappa shape index (κ2) is 8.19. The summed E-state index contributed by atoms with van der Waals surface area (Å²) in [5.41, 5.74) is 1.90. The number of nitrogens with zero attached hydrogens (tertiary/aromatic N) is 1. The summed E-state index contributed by atoms with van der Waals surface area (Å²) in [5, 5.41) is 4.61. The van der Waals surface area contributed by atoms with E-state index in [2.05, 4.69) is 15.2 Å². The molecule has 1 saturated carbocycles. The molecule has 1 fully saturated rings. The predicted molar refractivity (Wildman–Crippen MR) is 121 cm³/mol. The zero-order chi connectivity index (χ0) is 21.4. The SMILES string of the molecule is O=c1[nH]c2cc3c(cc2cc1CN(C(=S)Nc1ccc(F)cc1)C1CCCC1)OCO3. The molecule has 0 amide bonds. The molecule has 1 aliphatic heterocycles. The number of benzene rings is 2. The van der Waals surface area contributed by atoms with Crippen LogP contribution in [0.5, 0.6) is 11.5 Å². The lowest BCUT2D eigenvalue weighted by atomic mass is 10.1. The molecule has 6 nitrogen and oxygen atoms in total. The molecule has 0 radical (unpaired) electrons. The van der Waals surface area contributed by atoms with Crippen molar-refractivity contribution in [3.8, 4) is 11.5 Å². The third kappa shape index (κ3) is 4.07. The molecular formula is C23H22FN3O3S. The summed E-state index contributed by atoms with van der Waals surface area (Å²) in [7, 11) is 0. The molecular weight excluding hydrogens is 417 g/mol. The van der Waals surface area contributed by atoms with Gasteiger partial charge in [0, 0.05) is 28.7 Å². The number of aromatic nitrogens is 1. The highest BCUT2D eigenvalue weighted by molar-refractivity contribution is 7.80. The molecule has 0 unspecified atom stereocenters. The van der Waals surface area contributed by atoms with E-state index >= 15 is 0 Å². The Labute approximate surface area is 184 Å². The van der Waals surface area contributed by atoms with Crippen LogP contribution in [0.4, 0.5) is 10.1 Å². The fraction of sp³-hybridized carbons (Fsp3) is 0.304. The van der Waals surface area contributed by atoms with Crippen molar-refractivity contribution >= 4 is 33.9 Å². The van der Waals surface area contributed by atoms with Crippen molar-refractivity contribution in [1.82, 2.24) is 9.88 Å². The third-order valence-electron chi connectivity index (χ3n) is 5.88. The first kappa shape index (κ1) is 19.8. The zero-order valence-electron chi connectivity index (χ0n) is 16.8. The summed E-state index contributed by atoms with van der Waals surface area (Å²) >= 11 is 5.70. The van der Waals surface area contributed by atoms with Crippen LogP contribution >= 0.6 is 12.2 Å². The van der Waals surface area contributed by atoms with Gasteiger partial charge < -0.3 is 24.7 Å². The van der Waals surface area contributed by atoms with E-state index in [1.807, 2.05) is 12.1 Å². The first-order valence-corrected chi connectivity index (χ1v) is 10.8. The first-order chi connectivity index (χ1) is 15.1. The second-order valence-corrected chi connectivity index (χ2v) is 8.31.